The van der Waals surface area contributed by atoms with Crippen LogP contribution < -0.4 is 10.3 Å². The first-order chi connectivity index (χ1) is 15.0. The van der Waals surface area contributed by atoms with Crippen molar-refractivity contribution in [2.45, 2.75) is 10.9 Å². The van der Waals surface area contributed by atoms with E-state index in [1.807, 2.05) is 54.8 Å². The second kappa shape index (κ2) is 7.97. The maximum Gasteiger partial charge on any atom is 0.295 e. The van der Waals surface area contributed by atoms with E-state index in [0.29, 0.717) is 22.2 Å². The summed E-state index contributed by atoms with van der Waals surface area (Å²) in [4.78, 5) is 29.9. The number of amides is 1. The Morgan fingerprint density at radius 3 is 2.26 bits per heavy atom. The minimum atomic E-state index is -0.570. The maximum absolute atomic E-state index is 13.6. The number of nitrogens with zero attached hydrogens (tertiary/aromatic N) is 1. The number of hydrogen-bond acceptors (Lipinski definition) is 4. The van der Waals surface area contributed by atoms with E-state index in [9.17, 15) is 9.59 Å². The van der Waals surface area contributed by atoms with Gasteiger partial charge in [-0.15, -0.1) is 11.8 Å². The summed E-state index contributed by atoms with van der Waals surface area (Å²) in [6.45, 7) is 0. The molecule has 4 aromatic rings. The predicted molar refractivity (Wildman–Crippen MR) is 131 cm³/mol. The molecular weight excluding hydrogens is 542 g/mol. The number of anilines is 1. The van der Waals surface area contributed by atoms with Crippen molar-refractivity contribution in [2.75, 3.05) is 11.2 Å². The summed E-state index contributed by atoms with van der Waals surface area (Å²) in [5.41, 5.74) is 2.13. The molecule has 0 aliphatic carbocycles. The minimum Gasteiger partial charge on any atom is -0.450 e. The van der Waals surface area contributed by atoms with Crippen LogP contribution in [0.1, 0.15) is 27.7 Å². The Balaban J connectivity index is 1.79. The van der Waals surface area contributed by atoms with E-state index in [4.69, 9.17) is 4.42 Å². The molecule has 5 rings (SSSR count). The lowest BCUT2D eigenvalue weighted by molar-refractivity contribution is 0.0971. The fourth-order valence-electron chi connectivity index (χ4n) is 3.91. The molecule has 0 fully saturated rings. The molecule has 154 valence electrons. The molecule has 0 radical (unpaired) electrons. The Labute approximate surface area is 199 Å². The Kier molecular flexibility index (Phi) is 5.28. The number of rotatable bonds is 3. The maximum atomic E-state index is 13.6. The number of halogens is 2. The van der Waals surface area contributed by atoms with E-state index in [2.05, 4.69) is 31.9 Å². The van der Waals surface area contributed by atoms with Crippen molar-refractivity contribution in [1.29, 1.82) is 0 Å². The molecule has 2 heterocycles. The molecular formula is C24H15Br2NO3S. The van der Waals surface area contributed by atoms with Gasteiger partial charge in [-0.2, -0.15) is 0 Å². The third-order valence-corrected chi connectivity index (χ3v) is 7.13. The van der Waals surface area contributed by atoms with Gasteiger partial charge >= 0.3 is 0 Å². The lowest BCUT2D eigenvalue weighted by Gasteiger charge is -2.25. The van der Waals surface area contributed by atoms with Crippen molar-refractivity contribution in [3.63, 3.8) is 0 Å². The zero-order chi connectivity index (χ0) is 21.7. The summed E-state index contributed by atoms with van der Waals surface area (Å²) in [6, 6.07) is 20.1. The zero-order valence-electron chi connectivity index (χ0n) is 16.3. The second-order valence-electron chi connectivity index (χ2n) is 7.14. The molecule has 1 aliphatic rings. The SMILES string of the molecule is CSc1ccc(C2c3c(oc4ccc(Br)cc4c3=O)C(=O)N2c2ccc(Br)cc2)cc1. The van der Waals surface area contributed by atoms with E-state index < -0.39 is 6.04 Å². The van der Waals surface area contributed by atoms with Crippen LogP contribution in [0.5, 0.6) is 0 Å². The fourth-order valence-corrected chi connectivity index (χ4v) is 4.95. The topological polar surface area (TPSA) is 50.5 Å². The lowest BCUT2D eigenvalue weighted by Crippen LogP contribution is -2.29. The second-order valence-corrected chi connectivity index (χ2v) is 9.85. The molecule has 0 bridgehead atoms. The molecule has 3 aromatic carbocycles. The molecule has 31 heavy (non-hydrogen) atoms. The van der Waals surface area contributed by atoms with Crippen LogP contribution in [0.3, 0.4) is 0 Å². The molecule has 0 saturated carbocycles. The normalized spacial score (nSPS) is 15.5. The first kappa shape index (κ1) is 20.5. The van der Waals surface area contributed by atoms with Crippen molar-refractivity contribution in [3.05, 3.63) is 103 Å². The van der Waals surface area contributed by atoms with E-state index >= 15 is 0 Å². The van der Waals surface area contributed by atoms with Gasteiger partial charge in [0.05, 0.1) is 17.0 Å². The molecule has 1 atom stereocenters. The van der Waals surface area contributed by atoms with Gasteiger partial charge in [0.15, 0.2) is 5.43 Å². The summed E-state index contributed by atoms with van der Waals surface area (Å²) in [5, 5.41) is 0.448. The minimum absolute atomic E-state index is 0.0988. The first-order valence-electron chi connectivity index (χ1n) is 9.47. The fraction of sp³-hybridized carbons (Fsp3) is 0.0833. The highest BCUT2D eigenvalue weighted by molar-refractivity contribution is 9.10. The van der Waals surface area contributed by atoms with Crippen LogP contribution in [0.2, 0.25) is 0 Å². The van der Waals surface area contributed by atoms with E-state index in [0.717, 1.165) is 19.4 Å². The smallest absolute Gasteiger partial charge is 0.295 e. The molecule has 0 spiro atoms. The van der Waals surface area contributed by atoms with Gasteiger partial charge in [-0.3, -0.25) is 14.5 Å². The Hall–Kier alpha value is -2.35. The van der Waals surface area contributed by atoms with Crippen molar-refractivity contribution >= 4 is 66.2 Å². The highest BCUT2D eigenvalue weighted by Crippen LogP contribution is 2.41. The van der Waals surface area contributed by atoms with Crippen LogP contribution in [0, 0.1) is 0 Å². The molecule has 4 nitrogen and oxygen atoms in total. The number of thioether (sulfide) groups is 1. The number of carbonyl (C=O) groups excluding carboxylic acids is 1. The molecule has 1 aliphatic heterocycles. The highest BCUT2D eigenvalue weighted by Gasteiger charge is 2.43. The van der Waals surface area contributed by atoms with Crippen molar-refractivity contribution in [3.8, 4) is 0 Å². The Bertz CT molecular complexity index is 1380. The van der Waals surface area contributed by atoms with Crippen LogP contribution in [-0.4, -0.2) is 12.2 Å². The van der Waals surface area contributed by atoms with Crippen molar-refractivity contribution in [2.24, 2.45) is 0 Å². The van der Waals surface area contributed by atoms with Crippen molar-refractivity contribution < 1.29 is 9.21 Å². The van der Waals surface area contributed by atoms with Crippen LogP contribution in [0.15, 0.2) is 89.8 Å². The number of hydrogen-bond donors (Lipinski definition) is 0. The summed E-state index contributed by atoms with van der Waals surface area (Å²) in [6.07, 6.45) is 2.01. The van der Waals surface area contributed by atoms with Crippen LogP contribution in [0.25, 0.3) is 11.0 Å². The number of carbonyl (C=O) groups is 1. The molecule has 0 saturated heterocycles. The quantitative estimate of drug-likeness (QED) is 0.261. The van der Waals surface area contributed by atoms with E-state index in [-0.39, 0.29) is 17.1 Å². The van der Waals surface area contributed by atoms with Gasteiger partial charge in [-0.05, 0) is 66.4 Å². The standard InChI is InChI=1S/C24H15Br2NO3S/c1-31-17-9-2-13(3-10-17)21-20-22(28)18-12-15(26)6-11-19(18)30-23(20)24(29)27(21)16-7-4-14(25)5-8-16/h2-12,21H,1H3. The van der Waals surface area contributed by atoms with Gasteiger partial charge < -0.3 is 4.42 Å². The molecule has 1 amide bonds. The average Bonchev–Trinajstić information content (AvgIpc) is 3.07. The Morgan fingerprint density at radius 1 is 0.903 bits per heavy atom. The van der Waals surface area contributed by atoms with Gasteiger partial charge in [-0.25, -0.2) is 0 Å². The third-order valence-electron chi connectivity index (χ3n) is 5.37. The van der Waals surface area contributed by atoms with E-state index in [1.54, 1.807) is 34.9 Å². The van der Waals surface area contributed by atoms with Gasteiger partial charge in [0.1, 0.15) is 5.58 Å². The lowest BCUT2D eigenvalue weighted by atomic mass is 9.98. The molecule has 0 N–H and O–H groups in total. The summed E-state index contributed by atoms with van der Waals surface area (Å²) in [7, 11) is 0. The third kappa shape index (κ3) is 3.45. The Morgan fingerprint density at radius 2 is 1.58 bits per heavy atom. The average molecular weight is 557 g/mol. The van der Waals surface area contributed by atoms with Crippen LogP contribution in [0.4, 0.5) is 5.69 Å². The molecule has 1 unspecified atom stereocenters. The zero-order valence-corrected chi connectivity index (χ0v) is 20.3. The summed E-state index contributed by atoms with van der Waals surface area (Å²) >= 11 is 8.51. The number of fused-ring (bicyclic) bond motifs is 2. The van der Waals surface area contributed by atoms with Gasteiger partial charge in [0, 0.05) is 19.5 Å². The van der Waals surface area contributed by atoms with Gasteiger partial charge in [-0.1, -0.05) is 44.0 Å². The van der Waals surface area contributed by atoms with Crippen LogP contribution in [-0.2, 0) is 0 Å². The molecule has 7 heteroatoms. The monoisotopic (exact) mass is 555 g/mol. The van der Waals surface area contributed by atoms with Crippen molar-refractivity contribution in [1.82, 2.24) is 0 Å². The van der Waals surface area contributed by atoms with Crippen LogP contribution >= 0.6 is 43.6 Å². The van der Waals surface area contributed by atoms with E-state index in [1.165, 1.54) is 0 Å². The summed E-state index contributed by atoms with van der Waals surface area (Å²) < 4.78 is 7.69. The predicted octanol–water partition coefficient (Wildman–Crippen LogP) is 6.79. The summed E-state index contributed by atoms with van der Waals surface area (Å²) in [5.74, 6) is -0.222. The first-order valence-corrected chi connectivity index (χ1v) is 12.3. The van der Waals surface area contributed by atoms with Gasteiger partial charge in [0.2, 0.25) is 5.76 Å². The highest BCUT2D eigenvalue weighted by atomic mass is 79.9. The molecule has 1 aromatic heterocycles. The largest absolute Gasteiger partial charge is 0.450 e. The number of benzene rings is 3. The van der Waals surface area contributed by atoms with Gasteiger partial charge in [0.25, 0.3) is 5.91 Å².